The number of hydrogen-bond donors (Lipinski definition) is 2. The molecule has 3 N–H and O–H groups in total. The van der Waals surface area contributed by atoms with E-state index < -0.39 is 9.84 Å². The van der Waals surface area contributed by atoms with E-state index in [2.05, 4.69) is 16.8 Å². The Kier molecular flexibility index (Phi) is 8.56. The van der Waals surface area contributed by atoms with Crippen molar-refractivity contribution in [3.05, 3.63) is 96.1 Å². The minimum absolute atomic E-state index is 0.109. The van der Waals surface area contributed by atoms with Crippen LogP contribution in [0.1, 0.15) is 17.5 Å². The van der Waals surface area contributed by atoms with Gasteiger partial charge in [0.1, 0.15) is 0 Å². The van der Waals surface area contributed by atoms with Crippen LogP contribution in [-0.4, -0.2) is 49.1 Å². The van der Waals surface area contributed by atoms with Crippen molar-refractivity contribution in [2.24, 2.45) is 10.8 Å². The highest BCUT2D eigenvalue weighted by Crippen LogP contribution is 2.23. The van der Waals surface area contributed by atoms with Crippen molar-refractivity contribution in [3.63, 3.8) is 0 Å². The average molecular weight is 479 g/mol. The molecule has 0 saturated carbocycles. The zero-order valence-electron chi connectivity index (χ0n) is 19.2. The predicted molar refractivity (Wildman–Crippen MR) is 136 cm³/mol. The highest BCUT2D eigenvalue weighted by Gasteiger charge is 2.16. The third kappa shape index (κ3) is 7.00. The quantitative estimate of drug-likeness (QED) is 0.323. The molecule has 0 aliphatic heterocycles. The normalized spacial score (nSPS) is 12.8. The summed E-state index contributed by atoms with van der Waals surface area (Å²) in [5.74, 6) is 0. The van der Waals surface area contributed by atoms with E-state index in [4.69, 9.17) is 5.73 Å². The van der Waals surface area contributed by atoms with E-state index in [0.29, 0.717) is 23.4 Å². The molecule has 8 heteroatoms. The van der Waals surface area contributed by atoms with Gasteiger partial charge in [0.05, 0.1) is 17.5 Å². The van der Waals surface area contributed by atoms with E-state index in [-0.39, 0.29) is 12.6 Å². The van der Waals surface area contributed by atoms with Gasteiger partial charge in [-0.15, -0.1) is 0 Å². The molecule has 0 aliphatic carbocycles. The summed E-state index contributed by atoms with van der Waals surface area (Å²) < 4.78 is 23.3. The SMILES string of the molecule is C=NN(/C=C(\N)CCc1ccncc1)[C@H](CO)Cc1ccc(-c2ccc(S(C)(=O)=O)cc2)cc1. The number of aliphatic hydroxyl groups excluding tert-OH is 1. The maximum absolute atomic E-state index is 11.7. The average Bonchev–Trinajstić information content (AvgIpc) is 2.85. The van der Waals surface area contributed by atoms with Gasteiger partial charge in [-0.3, -0.25) is 9.99 Å². The van der Waals surface area contributed by atoms with E-state index in [1.54, 1.807) is 47.9 Å². The summed E-state index contributed by atoms with van der Waals surface area (Å²) >= 11 is 0. The van der Waals surface area contributed by atoms with Crippen molar-refractivity contribution in [2.45, 2.75) is 30.2 Å². The van der Waals surface area contributed by atoms with Crippen LogP contribution < -0.4 is 5.73 Å². The van der Waals surface area contributed by atoms with Crippen molar-refractivity contribution in [2.75, 3.05) is 12.9 Å². The Morgan fingerprint density at radius 3 is 2.18 bits per heavy atom. The fraction of sp³-hybridized carbons (Fsp3) is 0.231. The molecular formula is C26H30N4O3S. The molecule has 7 nitrogen and oxygen atoms in total. The molecule has 1 atom stereocenters. The fourth-order valence-electron chi connectivity index (χ4n) is 3.58. The minimum atomic E-state index is -3.22. The Labute approximate surface area is 201 Å². The monoisotopic (exact) mass is 478 g/mol. The van der Waals surface area contributed by atoms with E-state index in [9.17, 15) is 13.5 Å². The van der Waals surface area contributed by atoms with Gasteiger partial charge in [0.15, 0.2) is 9.84 Å². The van der Waals surface area contributed by atoms with Gasteiger partial charge in [0, 0.05) is 37.3 Å². The number of benzene rings is 2. The highest BCUT2D eigenvalue weighted by molar-refractivity contribution is 7.90. The molecule has 0 radical (unpaired) electrons. The first-order chi connectivity index (χ1) is 16.3. The zero-order chi connectivity index (χ0) is 24.6. The first-order valence-electron chi connectivity index (χ1n) is 10.9. The number of allylic oxidation sites excluding steroid dienone is 1. The summed E-state index contributed by atoms with van der Waals surface area (Å²) in [6.45, 7) is 3.53. The zero-order valence-corrected chi connectivity index (χ0v) is 20.0. The molecule has 1 heterocycles. The van der Waals surface area contributed by atoms with Crippen LogP contribution in [-0.2, 0) is 22.7 Å². The highest BCUT2D eigenvalue weighted by atomic mass is 32.2. The standard InChI is InChI=1S/C26H30N4O3S/c1-28-30(18-24(27)10-5-20-13-15-29-16-14-20)25(19-31)17-21-3-6-22(7-4-21)23-8-11-26(12-9-23)34(2,32)33/h3-4,6-9,11-16,18,25,31H,1,5,10,17,19,27H2,2H3/b24-18-/t25-/m0/s1. The lowest BCUT2D eigenvalue weighted by Crippen LogP contribution is -2.32. The van der Waals surface area contributed by atoms with Crippen molar-refractivity contribution in [3.8, 4) is 11.1 Å². The second-order valence-electron chi connectivity index (χ2n) is 8.11. The number of sulfone groups is 1. The van der Waals surface area contributed by atoms with Gasteiger partial charge in [-0.05, 0) is 65.8 Å². The van der Waals surface area contributed by atoms with Gasteiger partial charge in [-0.1, -0.05) is 36.4 Å². The molecule has 2 aromatic carbocycles. The minimum Gasteiger partial charge on any atom is -0.401 e. The van der Waals surface area contributed by atoms with Crippen LogP contribution in [0.15, 0.2) is 95.0 Å². The topological polar surface area (TPSA) is 109 Å². The Bertz CT molecular complexity index is 1210. The largest absolute Gasteiger partial charge is 0.401 e. The molecule has 3 aromatic rings. The summed E-state index contributed by atoms with van der Waals surface area (Å²) in [5, 5.41) is 15.6. The van der Waals surface area contributed by atoms with Gasteiger partial charge in [0.25, 0.3) is 0 Å². The molecule has 0 bridgehead atoms. The molecule has 0 unspecified atom stereocenters. The summed E-state index contributed by atoms with van der Waals surface area (Å²) in [6, 6.07) is 18.3. The Morgan fingerprint density at radius 2 is 1.65 bits per heavy atom. The fourth-order valence-corrected chi connectivity index (χ4v) is 4.21. The second-order valence-corrected chi connectivity index (χ2v) is 10.1. The van der Waals surface area contributed by atoms with E-state index in [1.807, 2.05) is 36.4 Å². The van der Waals surface area contributed by atoms with Crippen molar-refractivity contribution >= 4 is 16.6 Å². The molecule has 0 spiro atoms. The maximum atomic E-state index is 11.7. The van der Waals surface area contributed by atoms with Gasteiger partial charge < -0.3 is 10.8 Å². The maximum Gasteiger partial charge on any atom is 0.175 e. The number of hydrogen-bond acceptors (Lipinski definition) is 7. The Balaban J connectivity index is 1.65. The number of pyridine rings is 1. The van der Waals surface area contributed by atoms with Crippen molar-refractivity contribution in [1.82, 2.24) is 9.99 Å². The van der Waals surface area contributed by atoms with E-state index in [0.717, 1.165) is 28.7 Å². The Hall–Kier alpha value is -3.49. The van der Waals surface area contributed by atoms with Crippen LogP contribution in [0.25, 0.3) is 11.1 Å². The number of nitrogens with zero attached hydrogens (tertiary/aromatic N) is 3. The Morgan fingerprint density at radius 1 is 1.06 bits per heavy atom. The predicted octanol–water partition coefficient (Wildman–Crippen LogP) is 3.41. The lowest BCUT2D eigenvalue weighted by Gasteiger charge is -2.25. The lowest BCUT2D eigenvalue weighted by molar-refractivity contribution is 0.167. The number of aryl methyl sites for hydroxylation is 1. The first kappa shape index (κ1) is 25.1. The molecule has 3 rings (SSSR count). The number of rotatable bonds is 11. The number of hydrazone groups is 1. The third-order valence-corrected chi connectivity index (χ3v) is 6.67. The van der Waals surface area contributed by atoms with Crippen LogP contribution in [0.4, 0.5) is 0 Å². The van der Waals surface area contributed by atoms with Crippen molar-refractivity contribution in [1.29, 1.82) is 0 Å². The van der Waals surface area contributed by atoms with E-state index in [1.165, 1.54) is 6.26 Å². The molecule has 0 aliphatic rings. The number of aromatic nitrogens is 1. The number of nitrogens with two attached hydrogens (primary N) is 1. The number of aliphatic hydroxyl groups is 1. The molecule has 0 saturated heterocycles. The molecule has 178 valence electrons. The second kappa shape index (κ2) is 11.6. The summed E-state index contributed by atoms with van der Waals surface area (Å²) in [5.41, 5.74) is 10.9. The summed E-state index contributed by atoms with van der Waals surface area (Å²) in [6.07, 6.45) is 8.42. The molecule has 0 amide bonds. The van der Waals surface area contributed by atoms with Crippen LogP contribution >= 0.6 is 0 Å². The summed E-state index contributed by atoms with van der Waals surface area (Å²) in [4.78, 5) is 4.31. The van der Waals surface area contributed by atoms with E-state index >= 15 is 0 Å². The van der Waals surface area contributed by atoms with Crippen LogP contribution in [0.2, 0.25) is 0 Å². The summed E-state index contributed by atoms with van der Waals surface area (Å²) in [7, 11) is -3.22. The smallest absolute Gasteiger partial charge is 0.175 e. The van der Waals surface area contributed by atoms with Gasteiger partial charge >= 0.3 is 0 Å². The molecule has 34 heavy (non-hydrogen) atoms. The molecule has 1 aromatic heterocycles. The molecular weight excluding hydrogens is 448 g/mol. The van der Waals surface area contributed by atoms with Crippen molar-refractivity contribution < 1.29 is 13.5 Å². The molecule has 0 fully saturated rings. The third-order valence-electron chi connectivity index (χ3n) is 5.54. The van der Waals surface area contributed by atoms with Gasteiger partial charge in [-0.2, -0.15) is 5.10 Å². The van der Waals surface area contributed by atoms with Crippen LogP contribution in [0.3, 0.4) is 0 Å². The van der Waals surface area contributed by atoms with Gasteiger partial charge in [0.2, 0.25) is 0 Å². The first-order valence-corrected chi connectivity index (χ1v) is 12.8. The van der Waals surface area contributed by atoms with Crippen LogP contribution in [0, 0.1) is 0 Å². The van der Waals surface area contributed by atoms with Crippen LogP contribution in [0.5, 0.6) is 0 Å². The van der Waals surface area contributed by atoms with Gasteiger partial charge in [-0.25, -0.2) is 8.42 Å². The lowest BCUT2D eigenvalue weighted by atomic mass is 10.0.